The zero-order valence-electron chi connectivity index (χ0n) is 26.0. The standard InChI is InChI=1S/C38H27BrClFIN3O5/c39-20-3-16-31(46)29(17-20)33-26-14-15-27-32(36(49)44(34(27)47)25-12-8-23(42)9-13-25)28(26)18-30-35(48)45(43-24-10-6-22(41)7-11-24)37(50)38(30,33)19-1-4-21(40)5-2-19/h1-14,16-17,27-28,30,32-33,43,46H,15,18H2/t27-,28+,30-,32-,33+,38+/m0/s1. The molecule has 4 aromatic rings. The molecule has 0 bridgehead atoms. The summed E-state index contributed by atoms with van der Waals surface area (Å²) < 4.78 is 15.4. The Labute approximate surface area is 313 Å². The number of carbonyl (C=O) groups excluding carboxylic acids is 4. The van der Waals surface area contributed by atoms with Gasteiger partial charge in [-0.05, 0) is 126 Å². The quantitative estimate of drug-likeness (QED) is 0.121. The van der Waals surface area contributed by atoms with Crippen LogP contribution >= 0.6 is 50.1 Å². The van der Waals surface area contributed by atoms with E-state index in [9.17, 15) is 23.9 Å². The van der Waals surface area contributed by atoms with Crippen molar-refractivity contribution in [1.82, 2.24) is 5.01 Å². The molecule has 2 aliphatic carbocycles. The maximum absolute atomic E-state index is 15.2. The van der Waals surface area contributed by atoms with Crippen molar-refractivity contribution in [2.24, 2.45) is 23.7 Å². The molecule has 12 heteroatoms. The molecule has 4 aliphatic rings. The highest BCUT2D eigenvalue weighted by Gasteiger charge is 2.70. The second-order valence-electron chi connectivity index (χ2n) is 13.1. The fourth-order valence-corrected chi connectivity index (χ4v) is 9.47. The minimum atomic E-state index is -1.59. The van der Waals surface area contributed by atoms with Crippen LogP contribution in [0, 0.1) is 33.1 Å². The lowest BCUT2D eigenvalue weighted by Crippen LogP contribution is -2.53. The molecule has 0 radical (unpaired) electrons. The van der Waals surface area contributed by atoms with Crippen LogP contribution < -0.4 is 10.3 Å². The van der Waals surface area contributed by atoms with E-state index < -0.39 is 52.6 Å². The molecule has 0 aromatic heterocycles. The molecule has 2 heterocycles. The van der Waals surface area contributed by atoms with E-state index in [1.807, 2.05) is 18.2 Å². The van der Waals surface area contributed by atoms with Gasteiger partial charge in [0.25, 0.3) is 11.8 Å². The number of nitrogens with zero attached hydrogens (tertiary/aromatic N) is 2. The largest absolute Gasteiger partial charge is 0.508 e. The van der Waals surface area contributed by atoms with Gasteiger partial charge >= 0.3 is 0 Å². The Balaban J connectivity index is 1.33. The summed E-state index contributed by atoms with van der Waals surface area (Å²) in [5.41, 5.74) is 3.74. The van der Waals surface area contributed by atoms with Gasteiger partial charge in [-0.3, -0.25) is 29.5 Å². The Morgan fingerprint density at radius 3 is 2.28 bits per heavy atom. The predicted octanol–water partition coefficient (Wildman–Crippen LogP) is 7.74. The number of hydrogen-bond acceptors (Lipinski definition) is 6. The lowest BCUT2D eigenvalue weighted by molar-refractivity contribution is -0.138. The first kappa shape index (κ1) is 33.1. The molecule has 2 saturated heterocycles. The molecule has 6 atom stereocenters. The van der Waals surface area contributed by atoms with Crippen LogP contribution in [0.2, 0.25) is 5.02 Å². The molecule has 4 aromatic carbocycles. The Kier molecular flexibility index (Phi) is 8.15. The normalized spacial score (nSPS) is 27.2. The Morgan fingerprint density at radius 2 is 1.58 bits per heavy atom. The first-order chi connectivity index (χ1) is 24.0. The number of allylic oxidation sites excluding steroid dienone is 2. The van der Waals surface area contributed by atoms with E-state index in [0.29, 0.717) is 37.6 Å². The molecule has 4 amide bonds. The molecule has 252 valence electrons. The van der Waals surface area contributed by atoms with Gasteiger partial charge in [0.15, 0.2) is 0 Å². The number of rotatable bonds is 5. The van der Waals surface area contributed by atoms with Crippen molar-refractivity contribution in [2.75, 3.05) is 10.3 Å². The Hall–Kier alpha value is -4.07. The number of hydrogen-bond donors (Lipinski definition) is 2. The maximum Gasteiger partial charge on any atom is 0.260 e. The van der Waals surface area contributed by atoms with Crippen LogP contribution in [0.4, 0.5) is 15.8 Å². The average molecular weight is 867 g/mol. The average Bonchev–Trinajstić information content (AvgIpc) is 3.48. The number of halogens is 4. The van der Waals surface area contributed by atoms with Crippen LogP contribution in [0.5, 0.6) is 5.75 Å². The van der Waals surface area contributed by atoms with Gasteiger partial charge in [-0.2, -0.15) is 5.01 Å². The lowest BCUT2D eigenvalue weighted by atomic mass is 9.49. The third kappa shape index (κ3) is 4.95. The van der Waals surface area contributed by atoms with Crippen molar-refractivity contribution in [2.45, 2.75) is 24.2 Å². The third-order valence-corrected chi connectivity index (χ3v) is 12.1. The van der Waals surface area contributed by atoms with Gasteiger partial charge in [-0.25, -0.2) is 4.39 Å². The van der Waals surface area contributed by atoms with E-state index >= 15 is 4.79 Å². The number of phenols is 1. The fourth-order valence-electron chi connectivity index (χ4n) is 8.60. The number of aromatic hydroxyl groups is 1. The van der Waals surface area contributed by atoms with Crippen LogP contribution in [-0.2, 0) is 24.6 Å². The number of carbonyl (C=O) groups is 4. The van der Waals surface area contributed by atoms with Gasteiger partial charge in [-0.1, -0.05) is 51.3 Å². The van der Waals surface area contributed by atoms with Gasteiger partial charge in [0, 0.05) is 24.5 Å². The van der Waals surface area contributed by atoms with Crippen molar-refractivity contribution in [3.8, 4) is 5.75 Å². The minimum Gasteiger partial charge on any atom is -0.508 e. The second kappa shape index (κ2) is 12.3. The minimum absolute atomic E-state index is 0.0894. The summed E-state index contributed by atoms with van der Waals surface area (Å²) in [7, 11) is 0. The summed E-state index contributed by atoms with van der Waals surface area (Å²) in [5.74, 6) is -6.33. The van der Waals surface area contributed by atoms with Crippen LogP contribution in [0.3, 0.4) is 0 Å². The summed E-state index contributed by atoms with van der Waals surface area (Å²) in [5, 5.41) is 12.9. The number of imide groups is 2. The predicted molar refractivity (Wildman–Crippen MR) is 196 cm³/mol. The third-order valence-electron chi connectivity index (χ3n) is 10.6. The number of benzene rings is 4. The molecular weight excluding hydrogens is 840 g/mol. The van der Waals surface area contributed by atoms with Crippen molar-refractivity contribution >= 4 is 85.1 Å². The number of hydrazine groups is 1. The van der Waals surface area contributed by atoms with Crippen LogP contribution in [-0.4, -0.2) is 33.7 Å². The van der Waals surface area contributed by atoms with Crippen molar-refractivity contribution in [1.29, 1.82) is 0 Å². The molecule has 3 fully saturated rings. The number of phenolic OH excluding ortho intramolecular Hbond substituents is 1. The molecule has 2 aliphatic heterocycles. The fraction of sp³-hybridized carbons (Fsp3) is 0.211. The van der Waals surface area contributed by atoms with Crippen molar-refractivity contribution < 1.29 is 28.7 Å². The molecule has 8 nitrogen and oxygen atoms in total. The summed E-state index contributed by atoms with van der Waals surface area (Å²) in [6.45, 7) is 0. The Morgan fingerprint density at radius 1 is 0.880 bits per heavy atom. The van der Waals surface area contributed by atoms with Gasteiger partial charge in [0.2, 0.25) is 11.8 Å². The molecular formula is C38H27BrClFIN3O5. The van der Waals surface area contributed by atoms with E-state index in [-0.39, 0.29) is 30.4 Å². The molecule has 0 spiro atoms. The second-order valence-corrected chi connectivity index (χ2v) is 15.7. The lowest BCUT2D eigenvalue weighted by Gasteiger charge is -2.50. The zero-order chi connectivity index (χ0) is 35.1. The number of nitrogens with one attached hydrogen (secondary N) is 1. The first-order valence-electron chi connectivity index (χ1n) is 16.0. The summed E-state index contributed by atoms with van der Waals surface area (Å²) in [6, 6.07) is 24.2. The summed E-state index contributed by atoms with van der Waals surface area (Å²) >= 11 is 12.0. The van der Waals surface area contributed by atoms with Crippen LogP contribution in [0.15, 0.2) is 107 Å². The highest BCUT2D eigenvalue weighted by molar-refractivity contribution is 14.1. The first-order valence-corrected chi connectivity index (χ1v) is 18.2. The highest BCUT2D eigenvalue weighted by atomic mass is 127. The van der Waals surface area contributed by atoms with Crippen LogP contribution in [0.1, 0.15) is 29.9 Å². The van der Waals surface area contributed by atoms with Crippen molar-refractivity contribution in [3.63, 3.8) is 0 Å². The zero-order valence-corrected chi connectivity index (χ0v) is 30.5. The molecule has 50 heavy (non-hydrogen) atoms. The smallest absolute Gasteiger partial charge is 0.260 e. The van der Waals surface area contributed by atoms with E-state index in [0.717, 1.165) is 8.58 Å². The topological polar surface area (TPSA) is 107 Å². The van der Waals surface area contributed by atoms with Crippen molar-refractivity contribution in [3.05, 3.63) is 133 Å². The monoisotopic (exact) mass is 865 g/mol. The Bertz CT molecular complexity index is 2130. The molecule has 1 saturated carbocycles. The highest BCUT2D eigenvalue weighted by Crippen LogP contribution is 2.65. The number of amides is 4. The van der Waals surface area contributed by atoms with Gasteiger partial charge in [-0.15, -0.1) is 0 Å². The van der Waals surface area contributed by atoms with Crippen LogP contribution in [0.25, 0.3) is 0 Å². The molecule has 0 unspecified atom stereocenters. The maximum atomic E-state index is 15.2. The van der Waals surface area contributed by atoms with E-state index in [4.69, 9.17) is 11.6 Å². The molecule has 8 rings (SSSR count). The van der Waals surface area contributed by atoms with E-state index in [2.05, 4.69) is 43.9 Å². The molecule has 2 N–H and O–H groups in total. The summed E-state index contributed by atoms with van der Waals surface area (Å²) in [6.07, 6.45) is 2.27. The van der Waals surface area contributed by atoms with Gasteiger partial charge < -0.3 is 5.11 Å². The van der Waals surface area contributed by atoms with E-state index in [1.165, 1.54) is 35.2 Å². The van der Waals surface area contributed by atoms with Gasteiger partial charge in [0.1, 0.15) is 11.6 Å². The summed E-state index contributed by atoms with van der Waals surface area (Å²) in [4.78, 5) is 59.5. The van der Waals surface area contributed by atoms with E-state index in [1.54, 1.807) is 48.5 Å². The number of fused-ring (bicyclic) bond motifs is 4. The number of anilines is 2. The SMILES string of the molecule is O=C1[C@@H]2C[C@@H]3C(=CC[C@@H]4C(=O)N(c5ccc(I)cc5)C(=O)[C@@H]43)[C@H](c3cc(Br)ccc3O)[C@]2(c2ccc(Cl)cc2)C(=O)N1Nc1ccc(F)cc1. The van der Waals surface area contributed by atoms with Gasteiger partial charge in [0.05, 0.1) is 34.5 Å².